The molecule has 2 N–H and O–H groups in total. The van der Waals surface area contributed by atoms with E-state index in [1.165, 1.54) is 0 Å². The van der Waals surface area contributed by atoms with Crippen molar-refractivity contribution >= 4 is 38.9 Å². The molecule has 0 saturated carbocycles. The number of amidine groups is 1. The number of benzene rings is 2. The first-order valence-corrected chi connectivity index (χ1v) is 13.7. The molecule has 0 radical (unpaired) electrons. The fourth-order valence-electron chi connectivity index (χ4n) is 4.23. The average molecular weight is 508 g/mol. The van der Waals surface area contributed by atoms with Crippen LogP contribution in [0.4, 0.5) is 0 Å². The number of para-hydroxylation sites is 1. The minimum atomic E-state index is -3.62. The number of carbonyl (C=O) groups is 1. The third kappa shape index (κ3) is 4.95. The first kappa shape index (κ1) is 23.5. The van der Waals surface area contributed by atoms with Crippen molar-refractivity contribution in [2.75, 3.05) is 13.1 Å². The molecule has 2 aliphatic heterocycles. The summed E-state index contributed by atoms with van der Waals surface area (Å²) < 4.78 is 30.1. The van der Waals surface area contributed by atoms with E-state index in [4.69, 9.17) is 10.8 Å². The number of sulfonamides is 1. The van der Waals surface area contributed by atoms with Gasteiger partial charge in [0.05, 0.1) is 15.5 Å². The zero-order valence-electron chi connectivity index (χ0n) is 19.0. The summed E-state index contributed by atoms with van der Waals surface area (Å²) in [5.41, 5.74) is 8.44. The van der Waals surface area contributed by atoms with Gasteiger partial charge in [-0.05, 0) is 54.9 Å². The van der Waals surface area contributed by atoms with E-state index >= 15 is 0 Å². The van der Waals surface area contributed by atoms with Crippen LogP contribution in [0.25, 0.3) is 23.0 Å². The van der Waals surface area contributed by atoms with Crippen molar-refractivity contribution < 1.29 is 13.2 Å². The van der Waals surface area contributed by atoms with Crippen LogP contribution >= 0.6 is 11.8 Å². The highest BCUT2D eigenvalue weighted by molar-refractivity contribution is 8.18. The van der Waals surface area contributed by atoms with Crippen molar-refractivity contribution in [3.8, 4) is 16.9 Å². The molecule has 3 aromatic rings. The van der Waals surface area contributed by atoms with Gasteiger partial charge < -0.3 is 5.73 Å². The van der Waals surface area contributed by atoms with E-state index in [1.807, 2.05) is 42.6 Å². The number of carbonyl (C=O) groups excluding carboxylic acids is 1. The molecule has 10 heteroatoms. The van der Waals surface area contributed by atoms with Crippen LogP contribution in [0.2, 0.25) is 0 Å². The van der Waals surface area contributed by atoms with Gasteiger partial charge in [0.15, 0.2) is 5.17 Å². The van der Waals surface area contributed by atoms with Gasteiger partial charge in [0.2, 0.25) is 10.0 Å². The Bertz CT molecular complexity index is 1420. The smallest absolute Gasteiger partial charge is 0.286 e. The molecule has 1 amide bonds. The molecule has 1 fully saturated rings. The summed E-state index contributed by atoms with van der Waals surface area (Å²) in [6.07, 6.45) is 7.35. The second-order valence-electron chi connectivity index (χ2n) is 8.43. The summed E-state index contributed by atoms with van der Waals surface area (Å²) in [5.74, 6) is -0.400. The lowest BCUT2D eigenvalue weighted by atomic mass is 10.1. The van der Waals surface area contributed by atoms with E-state index in [0.29, 0.717) is 34.8 Å². The molecule has 2 aliphatic rings. The van der Waals surface area contributed by atoms with Gasteiger partial charge in [-0.15, -0.1) is 0 Å². The first-order chi connectivity index (χ1) is 16.9. The van der Waals surface area contributed by atoms with Crippen LogP contribution < -0.4 is 5.73 Å². The standard InChI is InChI=1S/C25H25N5O3S2/c26-25-27-24(31)22(34-25)16-19-17-30(20-10-4-3-5-11-20)28-23(19)18-9-8-12-21(15-18)35(32,33)29-13-6-1-2-7-14-29/h3-5,8-12,15-17H,1-2,6-7,13-14H2,(H2,26,27,31)/b22-16-. The van der Waals surface area contributed by atoms with E-state index in [-0.39, 0.29) is 10.1 Å². The fourth-order valence-corrected chi connectivity index (χ4v) is 6.47. The molecular formula is C25H25N5O3S2. The van der Waals surface area contributed by atoms with E-state index in [0.717, 1.165) is 43.1 Å². The van der Waals surface area contributed by atoms with Gasteiger partial charge in [-0.2, -0.15) is 14.4 Å². The van der Waals surface area contributed by atoms with Gasteiger partial charge in [0.1, 0.15) is 5.69 Å². The van der Waals surface area contributed by atoms with Crippen LogP contribution in [0.15, 0.2) is 75.6 Å². The van der Waals surface area contributed by atoms with Crippen LogP contribution in [0.5, 0.6) is 0 Å². The molecule has 35 heavy (non-hydrogen) atoms. The summed E-state index contributed by atoms with van der Waals surface area (Å²) in [7, 11) is -3.62. The highest BCUT2D eigenvalue weighted by Crippen LogP contribution is 2.32. The van der Waals surface area contributed by atoms with Gasteiger partial charge in [0, 0.05) is 30.4 Å². The lowest BCUT2D eigenvalue weighted by Gasteiger charge is -2.20. The Balaban J connectivity index is 1.58. The lowest BCUT2D eigenvalue weighted by Crippen LogP contribution is -2.31. The quantitative estimate of drug-likeness (QED) is 0.522. The number of rotatable bonds is 5. The minimum absolute atomic E-state index is 0.198. The predicted molar refractivity (Wildman–Crippen MR) is 138 cm³/mol. The lowest BCUT2D eigenvalue weighted by molar-refractivity contribution is -0.113. The van der Waals surface area contributed by atoms with Gasteiger partial charge in [-0.3, -0.25) is 4.79 Å². The van der Waals surface area contributed by atoms with E-state index in [9.17, 15) is 13.2 Å². The predicted octanol–water partition coefficient (Wildman–Crippen LogP) is 4.03. The average Bonchev–Trinajstić information content (AvgIpc) is 3.28. The Morgan fingerprint density at radius 3 is 2.40 bits per heavy atom. The van der Waals surface area contributed by atoms with Crippen molar-refractivity contribution in [2.45, 2.75) is 30.6 Å². The third-order valence-electron chi connectivity index (χ3n) is 6.00. The van der Waals surface area contributed by atoms with Gasteiger partial charge in [-0.25, -0.2) is 13.1 Å². The van der Waals surface area contributed by atoms with Crippen LogP contribution in [0.1, 0.15) is 31.2 Å². The van der Waals surface area contributed by atoms with Crippen molar-refractivity contribution in [1.82, 2.24) is 14.1 Å². The Morgan fingerprint density at radius 1 is 0.971 bits per heavy atom. The summed E-state index contributed by atoms with van der Waals surface area (Å²) in [4.78, 5) is 16.6. The van der Waals surface area contributed by atoms with Gasteiger partial charge in [0.25, 0.3) is 5.91 Å². The van der Waals surface area contributed by atoms with E-state index in [2.05, 4.69) is 4.99 Å². The Kier molecular flexibility index (Phi) is 6.59. The zero-order chi connectivity index (χ0) is 24.4. The Morgan fingerprint density at radius 2 is 1.71 bits per heavy atom. The molecule has 5 rings (SSSR count). The van der Waals surface area contributed by atoms with Crippen LogP contribution in [0.3, 0.4) is 0 Å². The highest BCUT2D eigenvalue weighted by atomic mass is 32.2. The molecule has 0 spiro atoms. The molecule has 0 aliphatic carbocycles. The molecular weight excluding hydrogens is 482 g/mol. The maximum absolute atomic E-state index is 13.4. The SMILES string of the molecule is NC1=NC(=O)/C(=C/c2cn(-c3ccccc3)nc2-c2cccc(S(=O)(=O)N3CCCCCC3)c2)S1. The van der Waals surface area contributed by atoms with Crippen LogP contribution in [0, 0.1) is 0 Å². The van der Waals surface area contributed by atoms with E-state index < -0.39 is 15.9 Å². The van der Waals surface area contributed by atoms with Crippen molar-refractivity contribution in [3.63, 3.8) is 0 Å². The topological polar surface area (TPSA) is 111 Å². The number of nitrogens with two attached hydrogens (primary N) is 1. The van der Waals surface area contributed by atoms with E-state index in [1.54, 1.807) is 33.3 Å². The van der Waals surface area contributed by atoms with Crippen LogP contribution in [-0.4, -0.2) is 46.7 Å². The fraction of sp³-hybridized carbons (Fsp3) is 0.240. The van der Waals surface area contributed by atoms with Gasteiger partial charge >= 0.3 is 0 Å². The summed E-state index contributed by atoms with van der Waals surface area (Å²) in [6, 6.07) is 16.4. The van der Waals surface area contributed by atoms with Crippen molar-refractivity contribution in [1.29, 1.82) is 0 Å². The zero-order valence-corrected chi connectivity index (χ0v) is 20.6. The normalized spacial score (nSPS) is 18.6. The number of hydrogen-bond donors (Lipinski definition) is 1. The number of aliphatic imine (C=N–C) groups is 1. The number of nitrogens with zero attached hydrogens (tertiary/aromatic N) is 4. The van der Waals surface area contributed by atoms with Crippen LogP contribution in [-0.2, 0) is 14.8 Å². The number of thioether (sulfide) groups is 1. The van der Waals surface area contributed by atoms with Crippen molar-refractivity contribution in [3.05, 3.63) is 71.3 Å². The molecule has 3 heterocycles. The maximum atomic E-state index is 13.4. The molecule has 1 saturated heterocycles. The third-order valence-corrected chi connectivity index (χ3v) is 8.70. The number of aromatic nitrogens is 2. The second-order valence-corrected chi connectivity index (χ2v) is 11.4. The molecule has 0 atom stereocenters. The maximum Gasteiger partial charge on any atom is 0.286 e. The Hall–Kier alpha value is -3.21. The largest absolute Gasteiger partial charge is 0.378 e. The first-order valence-electron chi connectivity index (χ1n) is 11.5. The summed E-state index contributed by atoms with van der Waals surface area (Å²) in [6.45, 7) is 1.07. The summed E-state index contributed by atoms with van der Waals surface area (Å²) >= 11 is 1.11. The highest BCUT2D eigenvalue weighted by Gasteiger charge is 2.26. The second kappa shape index (κ2) is 9.80. The molecule has 1 aromatic heterocycles. The minimum Gasteiger partial charge on any atom is -0.378 e. The monoisotopic (exact) mass is 507 g/mol. The van der Waals surface area contributed by atoms with Crippen molar-refractivity contribution in [2.24, 2.45) is 10.7 Å². The Labute approximate surface area is 208 Å². The number of amides is 1. The van der Waals surface area contributed by atoms with Gasteiger partial charge in [-0.1, -0.05) is 43.2 Å². The number of hydrogen-bond acceptors (Lipinski definition) is 6. The molecule has 180 valence electrons. The molecule has 8 nitrogen and oxygen atoms in total. The molecule has 0 unspecified atom stereocenters. The summed E-state index contributed by atoms with van der Waals surface area (Å²) in [5, 5.41) is 4.96. The molecule has 0 bridgehead atoms. The molecule has 2 aromatic carbocycles.